The predicted molar refractivity (Wildman–Crippen MR) is 103 cm³/mol. The first kappa shape index (κ1) is 18.7. The lowest BCUT2D eigenvalue weighted by Gasteiger charge is -2.28. The van der Waals surface area contributed by atoms with Gasteiger partial charge in [0.25, 0.3) is 0 Å². The number of fused-ring (bicyclic) bond motifs is 1. The molecule has 5 heteroatoms. The van der Waals surface area contributed by atoms with Crippen molar-refractivity contribution in [1.82, 2.24) is 9.80 Å². The lowest BCUT2D eigenvalue weighted by molar-refractivity contribution is 0.0299. The molecule has 26 heavy (non-hydrogen) atoms. The summed E-state index contributed by atoms with van der Waals surface area (Å²) in [5.74, 6) is 1.77. The molecule has 0 saturated carbocycles. The Bertz CT molecular complexity index is 736. The van der Waals surface area contributed by atoms with Crippen LogP contribution in [-0.4, -0.2) is 55.2 Å². The van der Waals surface area contributed by atoms with Gasteiger partial charge in [0.2, 0.25) is 0 Å². The predicted octanol–water partition coefficient (Wildman–Crippen LogP) is 2.96. The van der Waals surface area contributed by atoms with Gasteiger partial charge < -0.3 is 19.2 Å². The van der Waals surface area contributed by atoms with Gasteiger partial charge in [-0.3, -0.25) is 4.90 Å². The molecule has 1 aliphatic rings. The summed E-state index contributed by atoms with van der Waals surface area (Å²) in [6.45, 7) is 5.57. The van der Waals surface area contributed by atoms with Crippen molar-refractivity contribution in [3.63, 3.8) is 0 Å². The fraction of sp³-hybridized carbons (Fsp3) is 0.429. The van der Waals surface area contributed by atoms with E-state index in [1.807, 2.05) is 56.3 Å². The lowest BCUT2D eigenvalue weighted by atomic mass is 9.93. The fourth-order valence-corrected chi connectivity index (χ4v) is 3.35. The first-order valence-electron chi connectivity index (χ1n) is 9.00. The van der Waals surface area contributed by atoms with E-state index in [1.54, 1.807) is 6.26 Å². The highest BCUT2D eigenvalue weighted by atomic mass is 16.5. The van der Waals surface area contributed by atoms with Crippen LogP contribution in [-0.2, 0) is 12.1 Å². The van der Waals surface area contributed by atoms with Crippen LogP contribution in [0.5, 0.6) is 5.75 Å². The Morgan fingerprint density at radius 3 is 2.88 bits per heavy atom. The summed E-state index contributed by atoms with van der Waals surface area (Å²) >= 11 is 0. The summed E-state index contributed by atoms with van der Waals surface area (Å²) in [5, 5.41) is 10.8. The Morgan fingerprint density at radius 2 is 2.15 bits per heavy atom. The molecule has 140 valence electrons. The molecule has 0 spiro atoms. The number of benzene rings is 1. The zero-order valence-corrected chi connectivity index (χ0v) is 15.8. The maximum Gasteiger partial charge on any atom is 0.126 e. The van der Waals surface area contributed by atoms with Crippen LogP contribution < -0.4 is 4.74 Å². The minimum atomic E-state index is -0.894. The van der Waals surface area contributed by atoms with E-state index in [0.29, 0.717) is 13.2 Å². The van der Waals surface area contributed by atoms with Gasteiger partial charge in [-0.1, -0.05) is 12.1 Å². The summed E-state index contributed by atoms with van der Waals surface area (Å²) in [7, 11) is 3.93. The number of hydrogen-bond donors (Lipinski definition) is 1. The van der Waals surface area contributed by atoms with Gasteiger partial charge in [-0.2, -0.15) is 0 Å². The molecule has 0 aliphatic carbocycles. The molecule has 0 radical (unpaired) electrons. The van der Waals surface area contributed by atoms with E-state index in [4.69, 9.17) is 9.15 Å². The largest absolute Gasteiger partial charge is 0.492 e. The molecule has 1 aromatic carbocycles. The van der Waals surface area contributed by atoms with E-state index in [-0.39, 0.29) is 0 Å². The van der Waals surface area contributed by atoms with Gasteiger partial charge in [0.1, 0.15) is 18.1 Å². The van der Waals surface area contributed by atoms with Gasteiger partial charge >= 0.3 is 0 Å². The van der Waals surface area contributed by atoms with Crippen molar-refractivity contribution in [3.8, 4) is 5.75 Å². The van der Waals surface area contributed by atoms with Gasteiger partial charge in [0.15, 0.2) is 0 Å². The summed E-state index contributed by atoms with van der Waals surface area (Å²) in [6.07, 6.45) is 5.78. The highest BCUT2D eigenvalue weighted by molar-refractivity contribution is 5.43. The molecule has 0 saturated heterocycles. The van der Waals surface area contributed by atoms with Crippen LogP contribution in [0.25, 0.3) is 6.08 Å². The van der Waals surface area contributed by atoms with Gasteiger partial charge in [0.05, 0.1) is 11.9 Å². The van der Waals surface area contributed by atoms with Crippen molar-refractivity contribution in [3.05, 3.63) is 59.6 Å². The van der Waals surface area contributed by atoms with E-state index in [2.05, 4.69) is 17.0 Å². The van der Waals surface area contributed by atoms with Crippen LogP contribution in [0.4, 0.5) is 0 Å². The average Bonchev–Trinajstić information content (AvgIpc) is 2.99. The standard InChI is InChI=1S/C21H28N2O3/c1-21(24,16-22(2)3)18-8-9-20-17(14-18)15-23(11-13-26-20)10-4-6-19-7-5-12-25-19/h4-9,12,14,24H,10-11,13,15-16H2,1-3H3/b6-4+. The smallest absolute Gasteiger partial charge is 0.126 e. The second kappa shape index (κ2) is 8.08. The molecule has 5 nitrogen and oxygen atoms in total. The quantitative estimate of drug-likeness (QED) is 0.862. The first-order chi connectivity index (χ1) is 12.4. The minimum Gasteiger partial charge on any atom is -0.492 e. The summed E-state index contributed by atoms with van der Waals surface area (Å²) < 4.78 is 11.2. The molecule has 0 bridgehead atoms. The summed E-state index contributed by atoms with van der Waals surface area (Å²) in [6, 6.07) is 9.85. The molecule has 1 atom stereocenters. The third kappa shape index (κ3) is 4.75. The van der Waals surface area contributed by atoms with E-state index in [9.17, 15) is 5.11 Å². The van der Waals surface area contributed by atoms with Crippen molar-refractivity contribution in [1.29, 1.82) is 0 Å². The molecular weight excluding hydrogens is 328 g/mol. The van der Waals surface area contributed by atoms with Crippen molar-refractivity contribution >= 4 is 6.08 Å². The second-order valence-corrected chi connectivity index (χ2v) is 7.34. The van der Waals surface area contributed by atoms with E-state index in [1.165, 1.54) is 0 Å². The van der Waals surface area contributed by atoms with Gasteiger partial charge in [-0.25, -0.2) is 0 Å². The third-order valence-corrected chi connectivity index (χ3v) is 4.55. The van der Waals surface area contributed by atoms with Crippen LogP contribution in [0.1, 0.15) is 23.8 Å². The van der Waals surface area contributed by atoms with Crippen molar-refractivity contribution in [2.24, 2.45) is 0 Å². The number of furan rings is 1. The van der Waals surface area contributed by atoms with Crippen LogP contribution in [0.15, 0.2) is 47.1 Å². The molecule has 1 aliphatic heterocycles. The monoisotopic (exact) mass is 356 g/mol. The zero-order valence-electron chi connectivity index (χ0n) is 15.8. The maximum absolute atomic E-state index is 10.8. The van der Waals surface area contributed by atoms with Gasteiger partial charge in [0, 0.05) is 31.7 Å². The Kier molecular flexibility index (Phi) is 5.81. The second-order valence-electron chi connectivity index (χ2n) is 7.34. The number of ether oxygens (including phenoxy) is 1. The lowest BCUT2D eigenvalue weighted by Crippen LogP contribution is -2.34. The fourth-order valence-electron chi connectivity index (χ4n) is 3.35. The number of hydrogen-bond acceptors (Lipinski definition) is 5. The Hall–Kier alpha value is -2.08. The van der Waals surface area contributed by atoms with Crippen LogP contribution in [0, 0.1) is 0 Å². The zero-order chi connectivity index (χ0) is 18.6. The number of nitrogens with zero attached hydrogens (tertiary/aromatic N) is 2. The summed E-state index contributed by atoms with van der Waals surface area (Å²) in [5.41, 5.74) is 1.14. The van der Waals surface area contributed by atoms with Crippen LogP contribution in [0.3, 0.4) is 0 Å². The maximum atomic E-state index is 10.8. The van der Waals surface area contributed by atoms with E-state index < -0.39 is 5.60 Å². The molecule has 2 aromatic rings. The van der Waals surface area contributed by atoms with Gasteiger partial charge in [-0.15, -0.1) is 0 Å². The van der Waals surface area contributed by atoms with E-state index in [0.717, 1.165) is 42.3 Å². The van der Waals surface area contributed by atoms with Crippen LogP contribution >= 0.6 is 0 Å². The molecule has 2 heterocycles. The molecule has 0 fully saturated rings. The third-order valence-electron chi connectivity index (χ3n) is 4.55. The molecular formula is C21H28N2O3. The Balaban J connectivity index is 1.72. The summed E-state index contributed by atoms with van der Waals surface area (Å²) in [4.78, 5) is 4.32. The molecule has 1 N–H and O–H groups in total. The highest BCUT2D eigenvalue weighted by Gasteiger charge is 2.26. The molecule has 1 aromatic heterocycles. The Morgan fingerprint density at radius 1 is 1.31 bits per heavy atom. The van der Waals surface area contributed by atoms with E-state index >= 15 is 0 Å². The van der Waals surface area contributed by atoms with Crippen molar-refractivity contribution < 1.29 is 14.3 Å². The number of rotatable bonds is 6. The number of likely N-dealkylation sites (N-methyl/N-ethyl adjacent to an activating group) is 1. The highest BCUT2D eigenvalue weighted by Crippen LogP contribution is 2.29. The van der Waals surface area contributed by atoms with Crippen molar-refractivity contribution in [2.75, 3.05) is 40.3 Å². The first-order valence-corrected chi connectivity index (χ1v) is 9.00. The minimum absolute atomic E-state index is 0.572. The normalized spacial score (nSPS) is 17.7. The molecule has 0 amide bonds. The Labute approximate surface area is 155 Å². The topological polar surface area (TPSA) is 49.1 Å². The average molecular weight is 356 g/mol. The van der Waals surface area contributed by atoms with Crippen molar-refractivity contribution in [2.45, 2.75) is 19.1 Å². The molecule has 1 unspecified atom stereocenters. The SMILES string of the molecule is CN(C)CC(C)(O)c1ccc2c(c1)CN(C/C=C/c1ccco1)CCO2. The van der Waals surface area contributed by atoms with Gasteiger partial charge in [-0.05, 0) is 56.9 Å². The van der Waals surface area contributed by atoms with Crippen LogP contribution in [0.2, 0.25) is 0 Å². The number of aliphatic hydroxyl groups is 1. The molecule has 3 rings (SSSR count).